The summed E-state index contributed by atoms with van der Waals surface area (Å²) in [5.41, 5.74) is 3.62. The van der Waals surface area contributed by atoms with E-state index in [-0.39, 0.29) is 10.6 Å². The molecule has 106 valence electrons. The molecule has 0 bridgehead atoms. The summed E-state index contributed by atoms with van der Waals surface area (Å²) >= 11 is 6.01. The molecule has 2 rings (SSSR count). The van der Waals surface area contributed by atoms with E-state index in [4.69, 9.17) is 17.4 Å². The van der Waals surface area contributed by atoms with E-state index < -0.39 is 10.0 Å². The van der Waals surface area contributed by atoms with Gasteiger partial charge in [-0.25, -0.2) is 8.42 Å². The summed E-state index contributed by atoms with van der Waals surface area (Å²) in [4.78, 5) is 3.74. The monoisotopic (exact) mass is 312 g/mol. The molecule has 0 unspecified atom stereocenters. The first-order valence-corrected chi connectivity index (χ1v) is 7.50. The van der Waals surface area contributed by atoms with Crippen LogP contribution < -0.4 is 16.0 Å². The van der Waals surface area contributed by atoms with E-state index in [1.165, 1.54) is 18.5 Å². The summed E-state index contributed by atoms with van der Waals surface area (Å²) < 4.78 is 27.2. The molecular formula is C12H13ClN4O2S. The zero-order valence-electron chi connectivity index (χ0n) is 10.6. The van der Waals surface area contributed by atoms with Gasteiger partial charge in [0.15, 0.2) is 0 Å². The fourth-order valence-electron chi connectivity index (χ4n) is 1.66. The Hall–Kier alpha value is -1.83. The van der Waals surface area contributed by atoms with Gasteiger partial charge in [0.05, 0.1) is 16.4 Å². The molecule has 0 amide bonds. The number of hydrogen-bond acceptors (Lipinski definition) is 5. The number of nitrogens with two attached hydrogens (primary N) is 1. The third kappa shape index (κ3) is 2.84. The minimum atomic E-state index is -3.84. The molecular weight excluding hydrogens is 300 g/mol. The first-order valence-electron chi connectivity index (χ1n) is 5.64. The molecule has 2 aromatic rings. The molecule has 0 aliphatic heterocycles. The maximum Gasteiger partial charge on any atom is 0.265 e. The number of nitrogens with zero attached hydrogens (tertiary/aromatic N) is 1. The van der Waals surface area contributed by atoms with Crippen LogP contribution in [0.15, 0.2) is 41.6 Å². The van der Waals surface area contributed by atoms with E-state index >= 15 is 0 Å². The summed E-state index contributed by atoms with van der Waals surface area (Å²) in [5.74, 6) is 5.30. The van der Waals surface area contributed by atoms with Crippen LogP contribution in [0.5, 0.6) is 0 Å². The molecule has 0 atom stereocenters. The number of aromatic nitrogens is 1. The largest absolute Gasteiger partial charge is 0.323 e. The number of halogens is 1. The van der Waals surface area contributed by atoms with Gasteiger partial charge in [0.2, 0.25) is 0 Å². The second-order valence-electron chi connectivity index (χ2n) is 4.05. The molecule has 1 aromatic carbocycles. The van der Waals surface area contributed by atoms with Crippen molar-refractivity contribution in [1.29, 1.82) is 0 Å². The highest BCUT2D eigenvalue weighted by Gasteiger charge is 2.20. The Morgan fingerprint density at radius 2 is 2.05 bits per heavy atom. The van der Waals surface area contributed by atoms with E-state index in [1.54, 1.807) is 25.1 Å². The Labute approximate surface area is 122 Å². The normalized spacial score (nSPS) is 11.2. The number of hydrogen-bond donors (Lipinski definition) is 3. The van der Waals surface area contributed by atoms with Crippen molar-refractivity contribution in [3.63, 3.8) is 0 Å². The van der Waals surface area contributed by atoms with Crippen molar-refractivity contribution in [2.75, 3.05) is 10.1 Å². The SMILES string of the molecule is Cc1cccc(Cl)c1NS(=O)(=O)c1cnccc1NN. The number of aryl methyl sites for hydroxylation is 1. The van der Waals surface area contributed by atoms with Gasteiger partial charge in [-0.05, 0) is 24.6 Å². The fraction of sp³-hybridized carbons (Fsp3) is 0.0833. The zero-order chi connectivity index (χ0) is 14.8. The van der Waals surface area contributed by atoms with Crippen LogP contribution in [-0.2, 0) is 10.0 Å². The molecule has 1 aromatic heterocycles. The second-order valence-corrected chi connectivity index (χ2v) is 6.11. The lowest BCUT2D eigenvalue weighted by Crippen LogP contribution is -2.18. The number of rotatable bonds is 4. The van der Waals surface area contributed by atoms with Crippen molar-refractivity contribution in [2.45, 2.75) is 11.8 Å². The fourth-order valence-corrected chi connectivity index (χ4v) is 3.25. The number of anilines is 2. The highest BCUT2D eigenvalue weighted by molar-refractivity contribution is 7.92. The lowest BCUT2D eigenvalue weighted by Gasteiger charge is -2.14. The Balaban J connectivity index is 2.47. The van der Waals surface area contributed by atoms with Crippen molar-refractivity contribution < 1.29 is 8.42 Å². The second kappa shape index (κ2) is 5.66. The van der Waals surface area contributed by atoms with E-state index in [0.717, 1.165) is 0 Å². The standard InChI is InChI=1S/C12H13ClN4O2S/c1-8-3-2-4-9(13)12(8)17-20(18,19)11-7-15-6-5-10(11)16-14/h2-7,17H,14H2,1H3,(H,15,16). The predicted molar refractivity (Wildman–Crippen MR) is 79.0 cm³/mol. The average Bonchev–Trinajstić information content (AvgIpc) is 2.43. The molecule has 0 aliphatic carbocycles. The number of nitrogen functional groups attached to an aromatic ring is 1. The third-order valence-corrected chi connectivity index (χ3v) is 4.38. The number of para-hydroxylation sites is 1. The minimum Gasteiger partial charge on any atom is -0.323 e. The molecule has 0 saturated carbocycles. The quantitative estimate of drug-likeness (QED) is 0.593. The predicted octanol–water partition coefficient (Wildman–Crippen LogP) is 2.13. The maximum atomic E-state index is 12.4. The van der Waals surface area contributed by atoms with Gasteiger partial charge in [0, 0.05) is 12.4 Å². The van der Waals surface area contributed by atoms with Gasteiger partial charge in [-0.15, -0.1) is 0 Å². The number of sulfonamides is 1. The van der Waals surface area contributed by atoms with Gasteiger partial charge in [0.25, 0.3) is 10.0 Å². The van der Waals surface area contributed by atoms with Gasteiger partial charge in [-0.2, -0.15) is 0 Å². The molecule has 0 aliphatic rings. The first-order chi connectivity index (χ1) is 9.45. The van der Waals surface area contributed by atoms with Crippen LogP contribution in [-0.4, -0.2) is 13.4 Å². The lowest BCUT2D eigenvalue weighted by molar-refractivity contribution is 0.601. The molecule has 0 fully saturated rings. The van der Waals surface area contributed by atoms with Crippen molar-refractivity contribution in [3.05, 3.63) is 47.2 Å². The number of pyridine rings is 1. The van der Waals surface area contributed by atoms with Crippen molar-refractivity contribution >= 4 is 33.0 Å². The summed E-state index contributed by atoms with van der Waals surface area (Å²) in [5, 5.41) is 0.319. The van der Waals surface area contributed by atoms with Gasteiger partial charge >= 0.3 is 0 Å². The summed E-state index contributed by atoms with van der Waals surface area (Å²) in [6.07, 6.45) is 2.65. The zero-order valence-corrected chi connectivity index (χ0v) is 12.2. The van der Waals surface area contributed by atoms with Crippen LogP contribution in [0, 0.1) is 6.92 Å². The maximum absolute atomic E-state index is 12.4. The number of hydrazine groups is 1. The Morgan fingerprint density at radius 3 is 2.70 bits per heavy atom. The highest BCUT2D eigenvalue weighted by Crippen LogP contribution is 2.29. The average molecular weight is 313 g/mol. The van der Waals surface area contributed by atoms with Crippen LogP contribution >= 0.6 is 11.6 Å². The van der Waals surface area contributed by atoms with E-state index in [0.29, 0.717) is 16.3 Å². The Bertz CT molecular complexity index is 714. The van der Waals surface area contributed by atoms with E-state index in [9.17, 15) is 8.42 Å². The highest BCUT2D eigenvalue weighted by atomic mass is 35.5. The van der Waals surface area contributed by atoms with Gasteiger partial charge in [-0.1, -0.05) is 23.7 Å². The van der Waals surface area contributed by atoms with Crippen LogP contribution in [0.3, 0.4) is 0 Å². The molecule has 4 N–H and O–H groups in total. The van der Waals surface area contributed by atoms with Crippen LogP contribution in [0.2, 0.25) is 5.02 Å². The molecule has 0 spiro atoms. The molecule has 0 saturated heterocycles. The minimum absolute atomic E-state index is 0.0539. The van der Waals surface area contributed by atoms with Gasteiger partial charge in [-0.3, -0.25) is 15.5 Å². The Kier molecular flexibility index (Phi) is 4.12. The third-order valence-electron chi connectivity index (χ3n) is 2.69. The molecule has 20 heavy (non-hydrogen) atoms. The number of nitrogens with one attached hydrogen (secondary N) is 2. The summed E-state index contributed by atoms with van der Waals surface area (Å²) in [7, 11) is -3.84. The van der Waals surface area contributed by atoms with E-state index in [2.05, 4.69) is 15.1 Å². The topological polar surface area (TPSA) is 97.1 Å². The van der Waals surface area contributed by atoms with Crippen LogP contribution in [0.25, 0.3) is 0 Å². The lowest BCUT2D eigenvalue weighted by atomic mass is 10.2. The molecule has 1 heterocycles. The first kappa shape index (κ1) is 14.6. The van der Waals surface area contributed by atoms with Gasteiger partial charge in [0.1, 0.15) is 4.90 Å². The smallest absolute Gasteiger partial charge is 0.265 e. The van der Waals surface area contributed by atoms with Crippen LogP contribution in [0.4, 0.5) is 11.4 Å². The van der Waals surface area contributed by atoms with Crippen molar-refractivity contribution in [1.82, 2.24) is 4.98 Å². The van der Waals surface area contributed by atoms with Crippen molar-refractivity contribution in [2.24, 2.45) is 5.84 Å². The molecule has 8 heteroatoms. The summed E-state index contributed by atoms with van der Waals surface area (Å²) in [6.45, 7) is 1.76. The van der Waals surface area contributed by atoms with Crippen molar-refractivity contribution in [3.8, 4) is 0 Å². The Morgan fingerprint density at radius 1 is 1.30 bits per heavy atom. The summed E-state index contributed by atoms with van der Waals surface area (Å²) in [6, 6.07) is 6.58. The van der Waals surface area contributed by atoms with E-state index in [1.807, 2.05) is 0 Å². The van der Waals surface area contributed by atoms with Gasteiger partial charge < -0.3 is 5.43 Å². The molecule has 0 radical (unpaired) electrons. The molecule has 6 nitrogen and oxygen atoms in total. The van der Waals surface area contributed by atoms with Crippen LogP contribution in [0.1, 0.15) is 5.56 Å². The number of benzene rings is 1.